The molecule has 0 radical (unpaired) electrons. The number of amides is 1. The van der Waals surface area contributed by atoms with Crippen LogP contribution >= 0.6 is 0 Å². The largest absolute Gasteiger partial charge is 0.444 e. The van der Waals surface area contributed by atoms with Crippen molar-refractivity contribution in [3.8, 4) is 0 Å². The molecule has 0 N–H and O–H groups in total. The molecule has 1 aliphatic rings. The van der Waals surface area contributed by atoms with Crippen molar-refractivity contribution in [1.29, 1.82) is 0 Å². The molecule has 6 nitrogen and oxygen atoms in total. The summed E-state index contributed by atoms with van der Waals surface area (Å²) in [6.07, 6.45) is 5.03. The second-order valence-corrected chi connectivity index (χ2v) is 5.55. The van der Waals surface area contributed by atoms with E-state index in [4.69, 9.17) is 4.74 Å². The molecular weight excluding hydrogens is 232 g/mol. The zero-order chi connectivity index (χ0) is 13.2. The van der Waals surface area contributed by atoms with Gasteiger partial charge in [-0.2, -0.15) is 15.0 Å². The minimum Gasteiger partial charge on any atom is -0.444 e. The average molecular weight is 252 g/mol. The number of likely N-dealkylation sites (tertiary alicyclic amines) is 1. The van der Waals surface area contributed by atoms with Gasteiger partial charge in [-0.15, -0.1) is 0 Å². The van der Waals surface area contributed by atoms with E-state index < -0.39 is 5.60 Å². The van der Waals surface area contributed by atoms with Gasteiger partial charge in [0, 0.05) is 6.54 Å². The minimum absolute atomic E-state index is 0.132. The van der Waals surface area contributed by atoms with Crippen molar-refractivity contribution >= 4 is 6.09 Å². The van der Waals surface area contributed by atoms with Gasteiger partial charge in [-0.1, -0.05) is 0 Å². The quantitative estimate of drug-likeness (QED) is 0.803. The Morgan fingerprint density at radius 2 is 2.06 bits per heavy atom. The monoisotopic (exact) mass is 252 g/mol. The molecule has 100 valence electrons. The van der Waals surface area contributed by atoms with Crippen LogP contribution in [0.15, 0.2) is 12.4 Å². The molecule has 0 spiro atoms. The molecule has 0 aliphatic carbocycles. The summed E-state index contributed by atoms with van der Waals surface area (Å²) in [5.41, 5.74) is -0.450. The summed E-state index contributed by atoms with van der Waals surface area (Å²) in [5.74, 6) is 0. The molecule has 1 aromatic heterocycles. The summed E-state index contributed by atoms with van der Waals surface area (Å²) in [7, 11) is 0. The van der Waals surface area contributed by atoms with E-state index in [1.807, 2.05) is 20.8 Å². The Balaban J connectivity index is 1.97. The second kappa shape index (κ2) is 4.96. The molecule has 1 saturated heterocycles. The number of carbonyl (C=O) groups is 1. The third kappa shape index (κ3) is 3.21. The van der Waals surface area contributed by atoms with Crippen LogP contribution in [0.1, 0.15) is 33.6 Å². The van der Waals surface area contributed by atoms with Crippen molar-refractivity contribution in [3.63, 3.8) is 0 Å². The summed E-state index contributed by atoms with van der Waals surface area (Å²) in [5, 5.41) is 8.15. The van der Waals surface area contributed by atoms with Gasteiger partial charge in [0.15, 0.2) is 0 Å². The fourth-order valence-electron chi connectivity index (χ4n) is 2.11. The third-order valence-corrected chi connectivity index (χ3v) is 2.85. The Hall–Kier alpha value is -1.59. The molecule has 1 aliphatic heterocycles. The van der Waals surface area contributed by atoms with Crippen molar-refractivity contribution in [2.75, 3.05) is 6.54 Å². The zero-order valence-corrected chi connectivity index (χ0v) is 11.2. The standard InChI is InChI=1S/C12H20N4O2/c1-12(2,3)18-11(17)15-8-4-5-10(15)9-16-13-6-7-14-16/h6-7,10H,4-5,8-9H2,1-3H3. The number of aromatic nitrogens is 3. The van der Waals surface area contributed by atoms with Crippen molar-refractivity contribution in [2.24, 2.45) is 0 Å². The Morgan fingerprint density at radius 1 is 1.39 bits per heavy atom. The lowest BCUT2D eigenvalue weighted by Gasteiger charge is -2.28. The van der Waals surface area contributed by atoms with Gasteiger partial charge in [-0.05, 0) is 33.6 Å². The molecule has 0 bridgehead atoms. The van der Waals surface area contributed by atoms with E-state index in [0.29, 0.717) is 6.54 Å². The lowest BCUT2D eigenvalue weighted by molar-refractivity contribution is 0.0208. The van der Waals surface area contributed by atoms with Crippen molar-refractivity contribution < 1.29 is 9.53 Å². The fraction of sp³-hybridized carbons (Fsp3) is 0.750. The van der Waals surface area contributed by atoms with Crippen LogP contribution in [-0.2, 0) is 11.3 Å². The van der Waals surface area contributed by atoms with Gasteiger partial charge in [0.05, 0.1) is 25.0 Å². The van der Waals surface area contributed by atoms with Gasteiger partial charge in [-0.25, -0.2) is 4.79 Å². The smallest absolute Gasteiger partial charge is 0.410 e. The first-order chi connectivity index (χ1) is 8.46. The van der Waals surface area contributed by atoms with E-state index in [1.54, 1.807) is 22.1 Å². The molecule has 0 aromatic carbocycles. The highest BCUT2D eigenvalue weighted by Crippen LogP contribution is 2.21. The Kier molecular flexibility index (Phi) is 3.54. The van der Waals surface area contributed by atoms with Gasteiger partial charge >= 0.3 is 6.09 Å². The van der Waals surface area contributed by atoms with Gasteiger partial charge < -0.3 is 9.64 Å². The molecule has 0 saturated carbocycles. The Bertz CT molecular complexity index is 397. The molecule has 1 atom stereocenters. The van der Waals surface area contributed by atoms with Crippen LogP contribution in [0.2, 0.25) is 0 Å². The van der Waals surface area contributed by atoms with E-state index >= 15 is 0 Å². The maximum atomic E-state index is 12.1. The predicted octanol–water partition coefficient (Wildman–Crippen LogP) is 1.68. The summed E-state index contributed by atoms with van der Waals surface area (Å²) >= 11 is 0. The van der Waals surface area contributed by atoms with E-state index in [0.717, 1.165) is 19.4 Å². The summed E-state index contributed by atoms with van der Waals surface area (Å²) in [4.78, 5) is 15.5. The third-order valence-electron chi connectivity index (χ3n) is 2.85. The highest BCUT2D eigenvalue weighted by atomic mass is 16.6. The molecule has 1 unspecified atom stereocenters. The summed E-state index contributed by atoms with van der Waals surface area (Å²) in [6, 6.07) is 0.132. The van der Waals surface area contributed by atoms with Crippen molar-refractivity contribution in [3.05, 3.63) is 12.4 Å². The first-order valence-electron chi connectivity index (χ1n) is 6.29. The minimum atomic E-state index is -0.450. The maximum Gasteiger partial charge on any atom is 0.410 e. The molecule has 18 heavy (non-hydrogen) atoms. The van der Waals surface area contributed by atoms with Crippen LogP contribution < -0.4 is 0 Å². The molecular formula is C12H20N4O2. The average Bonchev–Trinajstić information content (AvgIpc) is 2.86. The van der Waals surface area contributed by atoms with Gasteiger partial charge in [-0.3, -0.25) is 0 Å². The van der Waals surface area contributed by atoms with Gasteiger partial charge in [0.25, 0.3) is 0 Å². The predicted molar refractivity (Wildman–Crippen MR) is 66.0 cm³/mol. The molecule has 1 amide bonds. The number of ether oxygens (including phenoxy) is 1. The van der Waals surface area contributed by atoms with E-state index in [2.05, 4.69) is 10.2 Å². The molecule has 6 heteroatoms. The van der Waals surface area contributed by atoms with E-state index in [-0.39, 0.29) is 12.1 Å². The zero-order valence-electron chi connectivity index (χ0n) is 11.2. The van der Waals surface area contributed by atoms with Crippen LogP contribution in [0.3, 0.4) is 0 Å². The SMILES string of the molecule is CC(C)(C)OC(=O)N1CCCC1Cn1nccn1. The molecule has 1 aromatic rings. The number of carbonyl (C=O) groups excluding carboxylic acids is 1. The first-order valence-corrected chi connectivity index (χ1v) is 6.29. The lowest BCUT2D eigenvalue weighted by Crippen LogP contribution is -2.41. The maximum absolute atomic E-state index is 12.1. The van der Waals surface area contributed by atoms with Crippen LogP contribution in [0.25, 0.3) is 0 Å². The van der Waals surface area contributed by atoms with Crippen LogP contribution in [-0.4, -0.2) is 44.2 Å². The summed E-state index contributed by atoms with van der Waals surface area (Å²) < 4.78 is 5.41. The van der Waals surface area contributed by atoms with Crippen LogP contribution in [0.4, 0.5) is 4.79 Å². The van der Waals surface area contributed by atoms with Gasteiger partial charge in [0.2, 0.25) is 0 Å². The number of rotatable bonds is 2. The summed E-state index contributed by atoms with van der Waals surface area (Å²) in [6.45, 7) is 7.02. The topological polar surface area (TPSA) is 60.2 Å². The first kappa shape index (κ1) is 12.9. The number of hydrogen-bond donors (Lipinski definition) is 0. The molecule has 1 fully saturated rings. The van der Waals surface area contributed by atoms with Crippen molar-refractivity contribution in [1.82, 2.24) is 19.9 Å². The van der Waals surface area contributed by atoms with Crippen LogP contribution in [0.5, 0.6) is 0 Å². The highest BCUT2D eigenvalue weighted by Gasteiger charge is 2.32. The Morgan fingerprint density at radius 3 is 2.67 bits per heavy atom. The molecule has 2 rings (SSSR count). The normalized spacial score (nSPS) is 20.2. The van der Waals surface area contributed by atoms with E-state index in [1.165, 1.54) is 0 Å². The van der Waals surface area contributed by atoms with Crippen LogP contribution in [0, 0.1) is 0 Å². The van der Waals surface area contributed by atoms with Crippen molar-refractivity contribution in [2.45, 2.75) is 51.8 Å². The molecule has 2 heterocycles. The number of hydrogen-bond acceptors (Lipinski definition) is 4. The fourth-order valence-corrected chi connectivity index (χ4v) is 2.11. The van der Waals surface area contributed by atoms with Gasteiger partial charge in [0.1, 0.15) is 5.60 Å². The highest BCUT2D eigenvalue weighted by molar-refractivity contribution is 5.68. The second-order valence-electron chi connectivity index (χ2n) is 5.55. The lowest BCUT2D eigenvalue weighted by atomic mass is 10.2. The van der Waals surface area contributed by atoms with E-state index in [9.17, 15) is 4.79 Å². The number of nitrogens with zero attached hydrogens (tertiary/aromatic N) is 4. The Labute approximate surface area is 107 Å².